The summed E-state index contributed by atoms with van der Waals surface area (Å²) in [6.45, 7) is 3.77. The van der Waals surface area contributed by atoms with Gasteiger partial charge in [0, 0.05) is 6.42 Å². The number of aliphatic hydroxyl groups excluding tert-OH is 1. The average Bonchev–Trinajstić information content (AvgIpc) is 3.15. The predicted molar refractivity (Wildman–Crippen MR) is 91.2 cm³/mol. The van der Waals surface area contributed by atoms with Crippen molar-refractivity contribution >= 4 is 17.4 Å². The first-order chi connectivity index (χ1) is 11.9. The fraction of sp³-hybridized carbons (Fsp3) is 0.263. The molecule has 2 heterocycles. The van der Waals surface area contributed by atoms with Crippen molar-refractivity contribution in [2.45, 2.75) is 26.3 Å². The number of Topliss-reactive ketones (excluding diaryl/α,β-unsaturated/α-hetero) is 1. The second-order valence-electron chi connectivity index (χ2n) is 6.37. The number of benzene rings is 1. The topological polar surface area (TPSA) is 91.0 Å². The summed E-state index contributed by atoms with van der Waals surface area (Å²) in [7, 11) is 0. The molecular weight excluding hydrogens is 322 g/mol. The van der Waals surface area contributed by atoms with E-state index in [1.165, 1.54) is 17.2 Å². The molecule has 1 aliphatic rings. The van der Waals surface area contributed by atoms with E-state index < -0.39 is 17.7 Å². The van der Waals surface area contributed by atoms with E-state index in [1.807, 2.05) is 13.8 Å². The molecular formula is C19H19NO5. The van der Waals surface area contributed by atoms with E-state index in [4.69, 9.17) is 4.42 Å². The van der Waals surface area contributed by atoms with Crippen LogP contribution in [0.4, 0.5) is 5.69 Å². The maximum absolute atomic E-state index is 12.7. The van der Waals surface area contributed by atoms with Crippen molar-refractivity contribution < 1.29 is 24.2 Å². The Labute approximate surface area is 145 Å². The molecule has 1 atom stereocenters. The van der Waals surface area contributed by atoms with Gasteiger partial charge in [-0.1, -0.05) is 26.0 Å². The van der Waals surface area contributed by atoms with Crippen LogP contribution in [0.5, 0.6) is 5.75 Å². The molecule has 0 bridgehead atoms. The van der Waals surface area contributed by atoms with E-state index in [-0.39, 0.29) is 35.1 Å². The Hall–Kier alpha value is -3.02. The summed E-state index contributed by atoms with van der Waals surface area (Å²) in [4.78, 5) is 26.5. The monoisotopic (exact) mass is 341 g/mol. The van der Waals surface area contributed by atoms with Gasteiger partial charge in [0.25, 0.3) is 5.91 Å². The van der Waals surface area contributed by atoms with Crippen LogP contribution in [0.1, 0.15) is 32.1 Å². The summed E-state index contributed by atoms with van der Waals surface area (Å²) in [6.07, 6.45) is 1.63. The predicted octanol–water partition coefficient (Wildman–Crippen LogP) is 3.50. The van der Waals surface area contributed by atoms with Crippen LogP contribution in [0.3, 0.4) is 0 Å². The van der Waals surface area contributed by atoms with Gasteiger partial charge in [0.2, 0.25) is 0 Å². The van der Waals surface area contributed by atoms with Gasteiger partial charge in [-0.3, -0.25) is 14.5 Å². The number of para-hydroxylation sites is 2. The largest absolute Gasteiger partial charge is 0.506 e. The average molecular weight is 341 g/mol. The highest BCUT2D eigenvalue weighted by atomic mass is 16.3. The number of aromatic hydroxyl groups is 1. The van der Waals surface area contributed by atoms with Crippen LogP contribution in [-0.4, -0.2) is 21.9 Å². The Kier molecular flexibility index (Phi) is 4.35. The fourth-order valence-corrected chi connectivity index (χ4v) is 3.00. The van der Waals surface area contributed by atoms with Crippen molar-refractivity contribution in [2.24, 2.45) is 5.92 Å². The van der Waals surface area contributed by atoms with E-state index >= 15 is 0 Å². The fourth-order valence-electron chi connectivity index (χ4n) is 3.00. The molecule has 0 saturated carbocycles. The van der Waals surface area contributed by atoms with Gasteiger partial charge in [-0.05, 0) is 30.2 Å². The summed E-state index contributed by atoms with van der Waals surface area (Å²) in [5.74, 6) is -1.38. The molecule has 6 nitrogen and oxygen atoms in total. The van der Waals surface area contributed by atoms with Gasteiger partial charge in [0.1, 0.15) is 17.6 Å². The Morgan fingerprint density at radius 3 is 2.52 bits per heavy atom. The third-order valence-corrected chi connectivity index (χ3v) is 4.06. The number of phenolic OH excluding ortho intramolecular Hbond substituents is 1. The van der Waals surface area contributed by atoms with Crippen molar-refractivity contribution in [3.63, 3.8) is 0 Å². The second-order valence-corrected chi connectivity index (χ2v) is 6.37. The number of amides is 1. The third kappa shape index (κ3) is 2.91. The Bertz CT molecular complexity index is 835. The summed E-state index contributed by atoms with van der Waals surface area (Å²) in [5, 5.41) is 20.5. The van der Waals surface area contributed by atoms with Gasteiger partial charge in [0.15, 0.2) is 11.5 Å². The first kappa shape index (κ1) is 16.8. The lowest BCUT2D eigenvalue weighted by Crippen LogP contribution is -2.31. The lowest BCUT2D eigenvalue weighted by molar-refractivity contribution is -0.118. The normalized spacial score (nSPS) is 17.6. The van der Waals surface area contributed by atoms with Gasteiger partial charge in [-0.2, -0.15) is 0 Å². The molecule has 6 heteroatoms. The van der Waals surface area contributed by atoms with E-state index in [9.17, 15) is 19.8 Å². The standard InChI is InChI=1S/C19H19NO5/c1-11(2)10-14(22)16-17(15-8-5-9-25-15)20(19(24)18(16)23)12-6-3-4-7-13(12)21/h3-9,11,17,21,23H,10H2,1-2H3. The zero-order valence-corrected chi connectivity index (χ0v) is 14.0. The smallest absolute Gasteiger partial charge is 0.294 e. The van der Waals surface area contributed by atoms with Crippen LogP contribution < -0.4 is 4.90 Å². The molecule has 1 aromatic carbocycles. The number of hydrogen-bond donors (Lipinski definition) is 2. The van der Waals surface area contributed by atoms with Crippen molar-refractivity contribution in [3.8, 4) is 5.75 Å². The molecule has 130 valence electrons. The zero-order chi connectivity index (χ0) is 18.1. The van der Waals surface area contributed by atoms with Crippen molar-refractivity contribution in [3.05, 3.63) is 59.8 Å². The lowest BCUT2D eigenvalue weighted by Gasteiger charge is -2.25. The molecule has 25 heavy (non-hydrogen) atoms. The molecule has 1 unspecified atom stereocenters. The Balaban J connectivity index is 2.13. The Morgan fingerprint density at radius 1 is 1.20 bits per heavy atom. The highest BCUT2D eigenvalue weighted by Crippen LogP contribution is 2.44. The number of carbonyl (C=O) groups excluding carboxylic acids is 2. The number of hydrogen-bond acceptors (Lipinski definition) is 5. The summed E-state index contributed by atoms with van der Waals surface area (Å²) in [5.41, 5.74) is 0.199. The molecule has 3 rings (SSSR count). The maximum atomic E-state index is 12.7. The number of carbonyl (C=O) groups is 2. The minimum atomic E-state index is -0.915. The number of ketones is 1. The molecule has 0 saturated heterocycles. The number of furan rings is 1. The van der Waals surface area contributed by atoms with Crippen molar-refractivity contribution in [1.82, 2.24) is 0 Å². The van der Waals surface area contributed by atoms with Gasteiger partial charge in [-0.25, -0.2) is 0 Å². The number of anilines is 1. The van der Waals surface area contributed by atoms with Crippen LogP contribution >= 0.6 is 0 Å². The molecule has 0 fully saturated rings. The number of aliphatic hydroxyl groups is 1. The molecule has 2 N–H and O–H groups in total. The molecule has 1 aliphatic heterocycles. The quantitative estimate of drug-likeness (QED) is 0.868. The third-order valence-electron chi connectivity index (χ3n) is 4.06. The van der Waals surface area contributed by atoms with Crippen LogP contribution in [0.2, 0.25) is 0 Å². The number of phenols is 1. The highest BCUT2D eigenvalue weighted by molar-refractivity contribution is 6.16. The van der Waals surface area contributed by atoms with Crippen molar-refractivity contribution in [1.29, 1.82) is 0 Å². The van der Waals surface area contributed by atoms with Gasteiger partial charge >= 0.3 is 0 Å². The van der Waals surface area contributed by atoms with Gasteiger partial charge < -0.3 is 14.6 Å². The van der Waals surface area contributed by atoms with Crippen LogP contribution in [-0.2, 0) is 9.59 Å². The summed E-state index contributed by atoms with van der Waals surface area (Å²) in [6, 6.07) is 8.63. The summed E-state index contributed by atoms with van der Waals surface area (Å²) >= 11 is 0. The molecule has 1 aromatic heterocycles. The minimum Gasteiger partial charge on any atom is -0.506 e. The van der Waals surface area contributed by atoms with Crippen LogP contribution in [0, 0.1) is 5.92 Å². The van der Waals surface area contributed by atoms with E-state index in [0.29, 0.717) is 5.76 Å². The number of nitrogens with zero attached hydrogens (tertiary/aromatic N) is 1. The van der Waals surface area contributed by atoms with E-state index in [0.717, 1.165) is 0 Å². The zero-order valence-electron chi connectivity index (χ0n) is 14.0. The van der Waals surface area contributed by atoms with E-state index in [2.05, 4.69) is 0 Å². The molecule has 2 aromatic rings. The maximum Gasteiger partial charge on any atom is 0.294 e. The lowest BCUT2D eigenvalue weighted by atomic mass is 9.95. The van der Waals surface area contributed by atoms with E-state index in [1.54, 1.807) is 30.3 Å². The van der Waals surface area contributed by atoms with Gasteiger partial charge in [-0.15, -0.1) is 0 Å². The molecule has 0 aliphatic carbocycles. The van der Waals surface area contributed by atoms with Crippen LogP contribution in [0.15, 0.2) is 58.4 Å². The summed E-state index contributed by atoms with van der Waals surface area (Å²) < 4.78 is 5.42. The Morgan fingerprint density at radius 2 is 1.92 bits per heavy atom. The number of rotatable bonds is 5. The van der Waals surface area contributed by atoms with Crippen LogP contribution in [0.25, 0.3) is 0 Å². The molecule has 0 spiro atoms. The first-order valence-corrected chi connectivity index (χ1v) is 8.03. The first-order valence-electron chi connectivity index (χ1n) is 8.03. The highest BCUT2D eigenvalue weighted by Gasteiger charge is 2.46. The second kappa shape index (κ2) is 6.47. The van der Waals surface area contributed by atoms with Gasteiger partial charge in [0.05, 0.1) is 17.5 Å². The minimum absolute atomic E-state index is 0.00287. The molecule has 0 radical (unpaired) electrons. The SMILES string of the molecule is CC(C)CC(=O)C1=C(O)C(=O)N(c2ccccc2O)C1c1ccco1. The molecule has 1 amide bonds. The van der Waals surface area contributed by atoms with Crippen molar-refractivity contribution in [2.75, 3.05) is 4.90 Å².